The molecule has 13 heavy (non-hydrogen) atoms. The highest BCUT2D eigenvalue weighted by atomic mass is 35.5. The minimum absolute atomic E-state index is 0.580. The van der Waals surface area contributed by atoms with Crippen molar-refractivity contribution in [1.29, 1.82) is 0 Å². The maximum Gasteiger partial charge on any atom is 0.131 e. The number of nitrogens with zero attached hydrogens (tertiary/aromatic N) is 2. The van der Waals surface area contributed by atoms with Crippen LogP contribution in [0.1, 0.15) is 19.8 Å². The highest BCUT2D eigenvalue weighted by Crippen LogP contribution is 2.25. The van der Waals surface area contributed by atoms with Crippen LogP contribution in [-0.2, 0) is 0 Å². The lowest BCUT2D eigenvalue weighted by atomic mass is 10.2. The fourth-order valence-electron chi connectivity index (χ4n) is 1.89. The molecular formula is C10H13ClN2. The third-order valence-electron chi connectivity index (χ3n) is 2.59. The van der Waals surface area contributed by atoms with E-state index in [0.29, 0.717) is 11.2 Å². The van der Waals surface area contributed by atoms with Crippen molar-refractivity contribution in [2.75, 3.05) is 11.4 Å². The molecule has 0 amide bonds. The zero-order valence-corrected chi connectivity index (χ0v) is 8.46. The molecule has 0 aromatic carbocycles. The summed E-state index contributed by atoms with van der Waals surface area (Å²) >= 11 is 5.83. The number of anilines is 1. The van der Waals surface area contributed by atoms with E-state index in [1.165, 1.54) is 18.5 Å². The molecule has 1 aliphatic heterocycles. The Morgan fingerprint density at radius 2 is 2.46 bits per heavy atom. The van der Waals surface area contributed by atoms with E-state index in [9.17, 15) is 0 Å². The van der Waals surface area contributed by atoms with E-state index in [4.69, 9.17) is 11.6 Å². The Labute approximate surface area is 83.5 Å². The fraction of sp³-hybridized carbons (Fsp3) is 0.500. The summed E-state index contributed by atoms with van der Waals surface area (Å²) in [6, 6.07) is 4.59. The topological polar surface area (TPSA) is 16.1 Å². The highest BCUT2D eigenvalue weighted by Gasteiger charge is 2.20. The van der Waals surface area contributed by atoms with Crippen LogP contribution in [0.3, 0.4) is 0 Å². The van der Waals surface area contributed by atoms with Crippen molar-refractivity contribution in [3.8, 4) is 0 Å². The molecule has 70 valence electrons. The molecule has 2 heterocycles. The van der Waals surface area contributed by atoms with Gasteiger partial charge < -0.3 is 4.90 Å². The summed E-state index contributed by atoms with van der Waals surface area (Å²) in [5.74, 6) is 0. The Morgan fingerprint density at radius 1 is 1.62 bits per heavy atom. The molecule has 2 nitrogen and oxygen atoms in total. The van der Waals surface area contributed by atoms with Crippen LogP contribution in [0.15, 0.2) is 18.3 Å². The van der Waals surface area contributed by atoms with Crippen molar-refractivity contribution >= 4 is 17.3 Å². The maximum absolute atomic E-state index is 5.83. The van der Waals surface area contributed by atoms with Gasteiger partial charge in [0, 0.05) is 24.5 Å². The standard InChI is InChI=1S/C10H13ClN2/c1-8-3-2-6-13(8)9-4-5-12-10(11)7-9/h4-5,7-8H,2-3,6H2,1H3. The zero-order valence-electron chi connectivity index (χ0n) is 7.70. The van der Waals surface area contributed by atoms with Crippen LogP contribution < -0.4 is 4.90 Å². The van der Waals surface area contributed by atoms with Gasteiger partial charge in [0.25, 0.3) is 0 Å². The number of hydrogen-bond acceptors (Lipinski definition) is 2. The van der Waals surface area contributed by atoms with Gasteiger partial charge in [0.1, 0.15) is 5.15 Å². The van der Waals surface area contributed by atoms with Gasteiger partial charge in [-0.05, 0) is 31.9 Å². The SMILES string of the molecule is CC1CCCN1c1ccnc(Cl)c1. The van der Waals surface area contributed by atoms with Crippen LogP contribution in [-0.4, -0.2) is 17.6 Å². The van der Waals surface area contributed by atoms with Crippen molar-refractivity contribution in [3.63, 3.8) is 0 Å². The van der Waals surface area contributed by atoms with Crippen LogP contribution in [0.2, 0.25) is 5.15 Å². The minimum Gasteiger partial charge on any atom is -0.369 e. The number of halogens is 1. The van der Waals surface area contributed by atoms with Crippen molar-refractivity contribution in [2.45, 2.75) is 25.8 Å². The van der Waals surface area contributed by atoms with Crippen LogP contribution in [0.25, 0.3) is 0 Å². The van der Waals surface area contributed by atoms with Gasteiger partial charge in [-0.3, -0.25) is 0 Å². The van der Waals surface area contributed by atoms with Gasteiger partial charge in [-0.2, -0.15) is 0 Å². The number of rotatable bonds is 1. The molecule has 1 fully saturated rings. The van der Waals surface area contributed by atoms with Gasteiger partial charge in [0.05, 0.1) is 0 Å². The first-order valence-electron chi connectivity index (χ1n) is 4.65. The Bertz CT molecular complexity index is 301. The second-order valence-corrected chi connectivity index (χ2v) is 3.91. The van der Waals surface area contributed by atoms with Gasteiger partial charge >= 0.3 is 0 Å². The van der Waals surface area contributed by atoms with Crippen molar-refractivity contribution in [3.05, 3.63) is 23.5 Å². The largest absolute Gasteiger partial charge is 0.369 e. The van der Waals surface area contributed by atoms with E-state index in [1.807, 2.05) is 12.1 Å². The molecule has 1 atom stereocenters. The summed E-state index contributed by atoms with van der Waals surface area (Å²) in [5, 5.41) is 0.580. The lowest BCUT2D eigenvalue weighted by Gasteiger charge is -2.23. The molecule has 1 aliphatic rings. The summed E-state index contributed by atoms with van der Waals surface area (Å²) in [6.07, 6.45) is 4.32. The van der Waals surface area contributed by atoms with Crippen LogP contribution in [0.4, 0.5) is 5.69 Å². The highest BCUT2D eigenvalue weighted by molar-refractivity contribution is 6.29. The second kappa shape index (κ2) is 3.54. The minimum atomic E-state index is 0.580. The first-order chi connectivity index (χ1) is 6.27. The van der Waals surface area contributed by atoms with Gasteiger partial charge in [-0.25, -0.2) is 4.98 Å². The van der Waals surface area contributed by atoms with Crippen molar-refractivity contribution < 1.29 is 0 Å². The summed E-state index contributed by atoms with van der Waals surface area (Å²) in [7, 11) is 0. The molecule has 3 heteroatoms. The molecule has 0 aliphatic carbocycles. The van der Waals surface area contributed by atoms with E-state index in [2.05, 4.69) is 16.8 Å². The van der Waals surface area contributed by atoms with Gasteiger partial charge in [0.15, 0.2) is 0 Å². The van der Waals surface area contributed by atoms with Crippen LogP contribution in [0, 0.1) is 0 Å². The van der Waals surface area contributed by atoms with Crippen molar-refractivity contribution in [1.82, 2.24) is 4.98 Å². The van der Waals surface area contributed by atoms with Crippen LogP contribution in [0.5, 0.6) is 0 Å². The molecule has 0 N–H and O–H groups in total. The smallest absolute Gasteiger partial charge is 0.131 e. The van der Waals surface area contributed by atoms with E-state index < -0.39 is 0 Å². The van der Waals surface area contributed by atoms with Gasteiger partial charge in [0.2, 0.25) is 0 Å². The quantitative estimate of drug-likeness (QED) is 0.643. The Morgan fingerprint density at radius 3 is 3.08 bits per heavy atom. The molecule has 1 aromatic heterocycles. The predicted molar refractivity (Wildman–Crippen MR) is 55.3 cm³/mol. The van der Waals surface area contributed by atoms with E-state index in [1.54, 1.807) is 6.20 Å². The Kier molecular flexibility index (Phi) is 2.40. The normalized spacial score (nSPS) is 22.3. The average Bonchev–Trinajstić information content (AvgIpc) is 2.51. The third-order valence-corrected chi connectivity index (χ3v) is 2.80. The molecule has 2 rings (SSSR count). The first kappa shape index (κ1) is 8.82. The number of hydrogen-bond donors (Lipinski definition) is 0. The molecule has 0 spiro atoms. The maximum atomic E-state index is 5.83. The molecule has 0 radical (unpaired) electrons. The zero-order chi connectivity index (χ0) is 9.26. The second-order valence-electron chi connectivity index (χ2n) is 3.52. The molecule has 0 bridgehead atoms. The predicted octanol–water partition coefficient (Wildman–Crippen LogP) is 2.72. The van der Waals surface area contributed by atoms with E-state index in [0.717, 1.165) is 6.54 Å². The lowest BCUT2D eigenvalue weighted by Crippen LogP contribution is -2.26. The summed E-state index contributed by atoms with van der Waals surface area (Å²) < 4.78 is 0. The molecule has 0 saturated carbocycles. The van der Waals surface area contributed by atoms with Gasteiger partial charge in [-0.15, -0.1) is 0 Å². The molecule has 1 saturated heterocycles. The molecule has 1 aromatic rings. The van der Waals surface area contributed by atoms with Crippen LogP contribution >= 0.6 is 11.6 Å². The summed E-state index contributed by atoms with van der Waals surface area (Å²) in [4.78, 5) is 6.36. The van der Waals surface area contributed by atoms with Crippen molar-refractivity contribution in [2.24, 2.45) is 0 Å². The molecular weight excluding hydrogens is 184 g/mol. The Balaban J connectivity index is 2.24. The van der Waals surface area contributed by atoms with Gasteiger partial charge in [-0.1, -0.05) is 11.6 Å². The third kappa shape index (κ3) is 1.78. The number of aromatic nitrogens is 1. The first-order valence-corrected chi connectivity index (χ1v) is 5.03. The average molecular weight is 197 g/mol. The Hall–Kier alpha value is -0.760. The van der Waals surface area contributed by atoms with E-state index >= 15 is 0 Å². The summed E-state index contributed by atoms with van der Waals surface area (Å²) in [5.41, 5.74) is 1.20. The number of pyridine rings is 1. The summed E-state index contributed by atoms with van der Waals surface area (Å²) in [6.45, 7) is 3.39. The fourth-order valence-corrected chi connectivity index (χ4v) is 2.06. The lowest BCUT2D eigenvalue weighted by molar-refractivity contribution is 0.735. The van der Waals surface area contributed by atoms with E-state index in [-0.39, 0.29) is 0 Å². The monoisotopic (exact) mass is 196 g/mol. The molecule has 1 unspecified atom stereocenters.